The topological polar surface area (TPSA) is 89.6 Å². The molecule has 0 amide bonds. The van der Waals surface area contributed by atoms with Crippen LogP contribution in [0.3, 0.4) is 0 Å². The third-order valence-corrected chi connectivity index (χ3v) is 3.18. The number of rotatable bonds is 6. The lowest BCUT2D eigenvalue weighted by atomic mass is 10.0. The highest BCUT2D eigenvalue weighted by Gasteiger charge is 2.16. The Labute approximate surface area is 128 Å². The Kier molecular flexibility index (Phi) is 5.27. The number of nitrogens with two attached hydrogens (primary N) is 1. The third kappa shape index (κ3) is 4.43. The molecule has 3 N–H and O–H groups in total. The molecule has 2 rings (SSSR count). The van der Waals surface area contributed by atoms with E-state index in [9.17, 15) is 9.59 Å². The fourth-order valence-corrected chi connectivity index (χ4v) is 1.96. The third-order valence-electron chi connectivity index (χ3n) is 3.18. The van der Waals surface area contributed by atoms with Crippen LogP contribution in [-0.4, -0.2) is 23.1 Å². The van der Waals surface area contributed by atoms with Gasteiger partial charge in [0.25, 0.3) is 0 Å². The molecule has 0 aliphatic rings. The second-order valence-electron chi connectivity index (χ2n) is 4.91. The van der Waals surface area contributed by atoms with Gasteiger partial charge in [0.1, 0.15) is 12.6 Å². The van der Waals surface area contributed by atoms with Crippen LogP contribution in [0.25, 0.3) is 0 Å². The zero-order valence-corrected chi connectivity index (χ0v) is 11.9. The molecule has 0 fully saturated rings. The Bertz CT molecular complexity index is 637. The van der Waals surface area contributed by atoms with E-state index in [1.165, 1.54) is 12.1 Å². The zero-order valence-electron chi connectivity index (χ0n) is 11.9. The van der Waals surface area contributed by atoms with Crippen molar-refractivity contribution in [2.45, 2.75) is 19.1 Å². The van der Waals surface area contributed by atoms with Gasteiger partial charge in [-0.2, -0.15) is 0 Å². The molecule has 0 saturated carbocycles. The molecule has 0 bridgehead atoms. The van der Waals surface area contributed by atoms with Crippen LogP contribution in [-0.2, 0) is 22.6 Å². The van der Waals surface area contributed by atoms with E-state index in [2.05, 4.69) is 0 Å². The van der Waals surface area contributed by atoms with E-state index >= 15 is 0 Å². The van der Waals surface area contributed by atoms with Gasteiger partial charge < -0.3 is 15.6 Å². The van der Waals surface area contributed by atoms with E-state index in [1.54, 1.807) is 12.1 Å². The van der Waals surface area contributed by atoms with Gasteiger partial charge in [0.15, 0.2) is 0 Å². The van der Waals surface area contributed by atoms with E-state index < -0.39 is 18.0 Å². The number of carbonyl (C=O) groups is 2. The molecule has 0 aromatic heterocycles. The molecule has 0 aliphatic heterocycles. The van der Waals surface area contributed by atoms with Crippen LogP contribution in [0.2, 0.25) is 0 Å². The first kappa shape index (κ1) is 15.7. The Hall–Kier alpha value is -2.66. The first-order chi connectivity index (χ1) is 10.6. The molecule has 114 valence electrons. The summed E-state index contributed by atoms with van der Waals surface area (Å²) in [5.74, 6) is -1.47. The van der Waals surface area contributed by atoms with Crippen LogP contribution >= 0.6 is 0 Å². The van der Waals surface area contributed by atoms with Crippen LogP contribution in [0.15, 0.2) is 54.6 Å². The number of ether oxygens (including phenoxy) is 1. The Morgan fingerprint density at radius 3 is 2.23 bits per heavy atom. The van der Waals surface area contributed by atoms with Crippen molar-refractivity contribution in [2.75, 3.05) is 0 Å². The van der Waals surface area contributed by atoms with Crippen molar-refractivity contribution in [3.05, 3.63) is 71.3 Å². The van der Waals surface area contributed by atoms with Crippen molar-refractivity contribution in [3.8, 4) is 0 Å². The van der Waals surface area contributed by atoms with Gasteiger partial charge in [-0.3, -0.25) is 4.79 Å². The smallest absolute Gasteiger partial charge is 0.335 e. The number of esters is 1. The molecule has 0 saturated heterocycles. The summed E-state index contributed by atoms with van der Waals surface area (Å²) in [6, 6.07) is 14.8. The van der Waals surface area contributed by atoms with Crippen LogP contribution in [0.5, 0.6) is 0 Å². The highest BCUT2D eigenvalue weighted by atomic mass is 16.5. The largest absolute Gasteiger partial charge is 0.478 e. The first-order valence-electron chi connectivity index (χ1n) is 6.84. The van der Waals surface area contributed by atoms with Crippen LogP contribution in [0, 0.1) is 0 Å². The maximum absolute atomic E-state index is 11.9. The van der Waals surface area contributed by atoms with E-state index in [4.69, 9.17) is 15.6 Å². The number of hydrogen-bond acceptors (Lipinski definition) is 4. The molecule has 0 aliphatic carbocycles. The van der Waals surface area contributed by atoms with Crippen LogP contribution in [0.1, 0.15) is 21.5 Å². The Balaban J connectivity index is 1.86. The second-order valence-corrected chi connectivity index (χ2v) is 4.91. The quantitative estimate of drug-likeness (QED) is 0.796. The SMILES string of the molecule is N[C@@H](Cc1ccc(C(=O)O)cc1)C(=O)OCc1ccccc1. The molecule has 1 atom stereocenters. The van der Waals surface area contributed by atoms with E-state index in [0.717, 1.165) is 11.1 Å². The van der Waals surface area contributed by atoms with E-state index in [0.29, 0.717) is 6.42 Å². The summed E-state index contributed by atoms with van der Waals surface area (Å²) < 4.78 is 5.17. The van der Waals surface area contributed by atoms with Gasteiger partial charge in [0.2, 0.25) is 0 Å². The first-order valence-corrected chi connectivity index (χ1v) is 6.84. The monoisotopic (exact) mass is 299 g/mol. The van der Waals surface area contributed by atoms with E-state index in [1.807, 2.05) is 30.3 Å². The average molecular weight is 299 g/mol. The highest BCUT2D eigenvalue weighted by Crippen LogP contribution is 2.08. The van der Waals surface area contributed by atoms with Gasteiger partial charge in [-0.05, 0) is 29.7 Å². The van der Waals surface area contributed by atoms with Crippen molar-refractivity contribution >= 4 is 11.9 Å². The minimum atomic E-state index is -0.988. The molecule has 2 aromatic rings. The van der Waals surface area contributed by atoms with Crippen molar-refractivity contribution < 1.29 is 19.4 Å². The van der Waals surface area contributed by atoms with E-state index in [-0.39, 0.29) is 12.2 Å². The molecule has 22 heavy (non-hydrogen) atoms. The normalized spacial score (nSPS) is 11.7. The number of carbonyl (C=O) groups excluding carboxylic acids is 1. The number of aromatic carboxylic acids is 1. The lowest BCUT2D eigenvalue weighted by molar-refractivity contribution is -0.146. The molecule has 0 heterocycles. The molecule has 5 nitrogen and oxygen atoms in total. The molecule has 5 heteroatoms. The summed E-state index contributed by atoms with van der Waals surface area (Å²) in [6.07, 6.45) is 0.299. The van der Waals surface area contributed by atoms with Crippen molar-refractivity contribution in [2.24, 2.45) is 5.73 Å². The number of benzene rings is 2. The fraction of sp³-hybridized carbons (Fsp3) is 0.176. The fourth-order valence-electron chi connectivity index (χ4n) is 1.96. The van der Waals surface area contributed by atoms with Gasteiger partial charge in [0, 0.05) is 0 Å². The maximum atomic E-state index is 11.9. The summed E-state index contributed by atoms with van der Waals surface area (Å²) in [6.45, 7) is 0.186. The molecule has 0 spiro atoms. The molecular weight excluding hydrogens is 282 g/mol. The maximum Gasteiger partial charge on any atom is 0.335 e. The Morgan fingerprint density at radius 1 is 1.00 bits per heavy atom. The number of carboxylic acids is 1. The van der Waals surface area contributed by atoms with Crippen molar-refractivity contribution in [1.29, 1.82) is 0 Å². The zero-order chi connectivity index (χ0) is 15.9. The van der Waals surface area contributed by atoms with Crippen LogP contribution in [0.4, 0.5) is 0 Å². The Morgan fingerprint density at radius 2 is 1.64 bits per heavy atom. The summed E-state index contributed by atoms with van der Waals surface area (Å²) >= 11 is 0. The van der Waals surface area contributed by atoms with Gasteiger partial charge in [-0.25, -0.2) is 4.79 Å². The van der Waals surface area contributed by atoms with Gasteiger partial charge >= 0.3 is 11.9 Å². The lowest BCUT2D eigenvalue weighted by Crippen LogP contribution is -2.34. The molecule has 2 aromatic carbocycles. The summed E-state index contributed by atoms with van der Waals surface area (Å²) in [4.78, 5) is 22.6. The minimum Gasteiger partial charge on any atom is -0.478 e. The standard InChI is InChI=1S/C17H17NO4/c18-15(10-12-6-8-14(9-7-12)16(19)20)17(21)22-11-13-4-2-1-3-5-13/h1-9,15H,10-11,18H2,(H,19,20)/t15-/m0/s1. The van der Waals surface area contributed by atoms with Crippen molar-refractivity contribution in [3.63, 3.8) is 0 Å². The van der Waals surface area contributed by atoms with Crippen LogP contribution < -0.4 is 5.73 Å². The summed E-state index contributed by atoms with van der Waals surface area (Å²) in [5, 5.41) is 8.83. The predicted molar refractivity (Wildman–Crippen MR) is 81.3 cm³/mol. The minimum absolute atomic E-state index is 0.186. The average Bonchev–Trinajstić information content (AvgIpc) is 2.54. The molecular formula is C17H17NO4. The lowest BCUT2D eigenvalue weighted by Gasteiger charge is -2.12. The highest BCUT2D eigenvalue weighted by molar-refractivity contribution is 5.87. The summed E-state index contributed by atoms with van der Waals surface area (Å²) in [5.41, 5.74) is 7.70. The number of hydrogen-bond donors (Lipinski definition) is 2. The predicted octanol–water partition coefficient (Wildman–Crippen LogP) is 2.00. The van der Waals surface area contributed by atoms with Crippen molar-refractivity contribution in [1.82, 2.24) is 0 Å². The van der Waals surface area contributed by atoms with Gasteiger partial charge in [-0.15, -0.1) is 0 Å². The number of carboxylic acid groups (broad SMARTS) is 1. The second kappa shape index (κ2) is 7.38. The molecule has 0 unspecified atom stereocenters. The van der Waals surface area contributed by atoms with Gasteiger partial charge in [0.05, 0.1) is 5.56 Å². The van der Waals surface area contributed by atoms with Gasteiger partial charge in [-0.1, -0.05) is 42.5 Å². The summed E-state index contributed by atoms with van der Waals surface area (Å²) in [7, 11) is 0. The molecule has 0 radical (unpaired) electrons.